The van der Waals surface area contributed by atoms with Gasteiger partial charge in [-0.2, -0.15) is 4.98 Å². The molecule has 0 spiro atoms. The molecule has 0 amide bonds. The molecular formula is C8H7ClN2O2S. The lowest BCUT2D eigenvalue weighted by Crippen LogP contribution is -1.83. The van der Waals surface area contributed by atoms with Gasteiger partial charge < -0.3 is 9.26 Å². The van der Waals surface area contributed by atoms with Gasteiger partial charge in [0.15, 0.2) is 5.82 Å². The highest BCUT2D eigenvalue weighted by Crippen LogP contribution is 2.33. The van der Waals surface area contributed by atoms with Gasteiger partial charge >= 0.3 is 0 Å². The summed E-state index contributed by atoms with van der Waals surface area (Å²) in [6, 6.07) is 1.85. The SMILES string of the molecule is COc1ccsc1-c1nc(CCl)no1. The molecule has 0 N–H and O–H groups in total. The number of hydrogen-bond donors (Lipinski definition) is 0. The van der Waals surface area contributed by atoms with Crippen LogP contribution in [0.4, 0.5) is 0 Å². The minimum Gasteiger partial charge on any atom is -0.495 e. The van der Waals surface area contributed by atoms with E-state index in [2.05, 4.69) is 10.1 Å². The van der Waals surface area contributed by atoms with Crippen molar-refractivity contribution in [1.82, 2.24) is 10.1 Å². The number of nitrogens with zero attached hydrogens (tertiary/aromatic N) is 2. The number of rotatable bonds is 3. The Morgan fingerprint density at radius 3 is 3.14 bits per heavy atom. The molecule has 0 radical (unpaired) electrons. The van der Waals surface area contributed by atoms with E-state index in [0.29, 0.717) is 11.7 Å². The van der Waals surface area contributed by atoms with E-state index in [1.807, 2.05) is 11.4 Å². The first-order chi connectivity index (χ1) is 6.85. The van der Waals surface area contributed by atoms with E-state index in [0.717, 1.165) is 10.6 Å². The lowest BCUT2D eigenvalue weighted by atomic mass is 10.4. The van der Waals surface area contributed by atoms with Crippen molar-refractivity contribution in [2.75, 3.05) is 7.11 Å². The number of thiophene rings is 1. The van der Waals surface area contributed by atoms with E-state index in [1.54, 1.807) is 7.11 Å². The summed E-state index contributed by atoms with van der Waals surface area (Å²) in [5.41, 5.74) is 0. The lowest BCUT2D eigenvalue weighted by molar-refractivity contribution is 0.406. The number of alkyl halides is 1. The molecule has 4 nitrogen and oxygen atoms in total. The molecule has 0 saturated heterocycles. The van der Waals surface area contributed by atoms with Crippen molar-refractivity contribution in [3.63, 3.8) is 0 Å². The van der Waals surface area contributed by atoms with Crippen LogP contribution in [0.15, 0.2) is 16.0 Å². The van der Waals surface area contributed by atoms with Gasteiger partial charge in [-0.3, -0.25) is 0 Å². The fraction of sp³-hybridized carbons (Fsp3) is 0.250. The molecule has 74 valence electrons. The fourth-order valence-electron chi connectivity index (χ4n) is 1.01. The van der Waals surface area contributed by atoms with Gasteiger partial charge in [-0.05, 0) is 11.4 Å². The van der Waals surface area contributed by atoms with Crippen molar-refractivity contribution in [3.8, 4) is 16.5 Å². The molecule has 2 rings (SSSR count). The summed E-state index contributed by atoms with van der Waals surface area (Å²) >= 11 is 7.05. The average molecular weight is 231 g/mol. The molecule has 14 heavy (non-hydrogen) atoms. The van der Waals surface area contributed by atoms with Gasteiger partial charge in [-0.15, -0.1) is 22.9 Å². The van der Waals surface area contributed by atoms with Crippen LogP contribution in [0, 0.1) is 0 Å². The van der Waals surface area contributed by atoms with E-state index >= 15 is 0 Å². The molecule has 0 aromatic carbocycles. The number of methoxy groups -OCH3 is 1. The zero-order valence-electron chi connectivity index (χ0n) is 7.36. The van der Waals surface area contributed by atoms with Crippen LogP contribution in [-0.4, -0.2) is 17.3 Å². The molecule has 2 aromatic heterocycles. The van der Waals surface area contributed by atoms with Crippen LogP contribution in [-0.2, 0) is 5.88 Å². The lowest BCUT2D eigenvalue weighted by Gasteiger charge is -1.95. The van der Waals surface area contributed by atoms with Crippen molar-refractivity contribution in [2.45, 2.75) is 5.88 Å². The summed E-state index contributed by atoms with van der Waals surface area (Å²) in [6.07, 6.45) is 0. The molecular weight excluding hydrogens is 224 g/mol. The number of hydrogen-bond acceptors (Lipinski definition) is 5. The van der Waals surface area contributed by atoms with Gasteiger partial charge in [0.25, 0.3) is 5.89 Å². The summed E-state index contributed by atoms with van der Waals surface area (Å²) in [5.74, 6) is 1.92. The predicted octanol–water partition coefficient (Wildman–Crippen LogP) is 2.55. The Hall–Kier alpha value is -1.07. The minimum atomic E-state index is 0.247. The first-order valence-electron chi connectivity index (χ1n) is 3.85. The highest BCUT2D eigenvalue weighted by molar-refractivity contribution is 7.13. The Morgan fingerprint density at radius 2 is 2.50 bits per heavy atom. The van der Waals surface area contributed by atoms with Gasteiger partial charge in [0, 0.05) is 0 Å². The molecule has 2 heterocycles. The van der Waals surface area contributed by atoms with Gasteiger partial charge in [0.1, 0.15) is 10.6 Å². The molecule has 0 saturated carbocycles. The van der Waals surface area contributed by atoms with E-state index in [4.69, 9.17) is 20.9 Å². The van der Waals surface area contributed by atoms with Crippen molar-refractivity contribution < 1.29 is 9.26 Å². The summed E-state index contributed by atoms with van der Waals surface area (Å²) in [7, 11) is 1.60. The minimum absolute atomic E-state index is 0.247. The first kappa shape index (κ1) is 9.48. The van der Waals surface area contributed by atoms with Crippen molar-refractivity contribution in [3.05, 3.63) is 17.3 Å². The van der Waals surface area contributed by atoms with Crippen LogP contribution >= 0.6 is 22.9 Å². The maximum Gasteiger partial charge on any atom is 0.271 e. The van der Waals surface area contributed by atoms with Crippen LogP contribution in [0.1, 0.15) is 5.82 Å². The maximum absolute atomic E-state index is 5.56. The second kappa shape index (κ2) is 3.98. The number of ether oxygens (including phenoxy) is 1. The summed E-state index contributed by atoms with van der Waals surface area (Å²) in [4.78, 5) is 4.93. The monoisotopic (exact) mass is 230 g/mol. The standard InChI is InChI=1S/C8H7ClN2O2S/c1-12-5-2-3-14-7(5)8-10-6(4-9)11-13-8/h2-3H,4H2,1H3. The maximum atomic E-state index is 5.56. The van der Waals surface area contributed by atoms with Gasteiger partial charge in [-0.1, -0.05) is 5.16 Å². The number of halogens is 1. The van der Waals surface area contributed by atoms with E-state index in [-0.39, 0.29) is 5.88 Å². The third-order valence-electron chi connectivity index (χ3n) is 1.63. The molecule has 0 bridgehead atoms. The third kappa shape index (κ3) is 1.60. The second-order valence-corrected chi connectivity index (χ2v) is 3.65. The molecule has 0 unspecified atom stereocenters. The molecule has 0 atom stereocenters. The Balaban J connectivity index is 2.38. The van der Waals surface area contributed by atoms with Crippen LogP contribution in [0.3, 0.4) is 0 Å². The quantitative estimate of drug-likeness (QED) is 0.761. The smallest absolute Gasteiger partial charge is 0.271 e. The Morgan fingerprint density at radius 1 is 1.64 bits per heavy atom. The van der Waals surface area contributed by atoms with E-state index in [1.165, 1.54) is 11.3 Å². The molecule has 0 aliphatic heterocycles. The molecule has 0 aliphatic carbocycles. The Labute approximate surface area is 89.5 Å². The van der Waals surface area contributed by atoms with E-state index < -0.39 is 0 Å². The third-order valence-corrected chi connectivity index (χ3v) is 2.75. The molecule has 0 aliphatic rings. The Kier molecular flexibility index (Phi) is 2.69. The molecule has 0 fully saturated rings. The summed E-state index contributed by atoms with van der Waals surface area (Å²) < 4.78 is 10.2. The fourth-order valence-corrected chi connectivity index (χ4v) is 1.90. The van der Waals surface area contributed by atoms with Crippen molar-refractivity contribution in [1.29, 1.82) is 0 Å². The van der Waals surface area contributed by atoms with Crippen LogP contribution in [0.5, 0.6) is 5.75 Å². The highest BCUT2D eigenvalue weighted by Gasteiger charge is 2.14. The average Bonchev–Trinajstić information content (AvgIpc) is 2.85. The normalized spacial score (nSPS) is 10.4. The highest BCUT2D eigenvalue weighted by atomic mass is 35.5. The topological polar surface area (TPSA) is 48.2 Å². The van der Waals surface area contributed by atoms with Gasteiger partial charge in [-0.25, -0.2) is 0 Å². The van der Waals surface area contributed by atoms with Crippen molar-refractivity contribution >= 4 is 22.9 Å². The van der Waals surface area contributed by atoms with Crippen LogP contribution < -0.4 is 4.74 Å². The Bertz CT molecular complexity index is 426. The summed E-state index contributed by atoms with van der Waals surface area (Å²) in [5, 5.41) is 5.60. The zero-order valence-corrected chi connectivity index (χ0v) is 8.93. The predicted molar refractivity (Wildman–Crippen MR) is 53.7 cm³/mol. The largest absolute Gasteiger partial charge is 0.495 e. The van der Waals surface area contributed by atoms with Crippen LogP contribution in [0.2, 0.25) is 0 Å². The van der Waals surface area contributed by atoms with Gasteiger partial charge in [0.05, 0.1) is 13.0 Å². The van der Waals surface area contributed by atoms with Gasteiger partial charge in [0.2, 0.25) is 0 Å². The summed E-state index contributed by atoms with van der Waals surface area (Å²) in [6.45, 7) is 0. The second-order valence-electron chi connectivity index (χ2n) is 2.47. The zero-order chi connectivity index (χ0) is 9.97. The van der Waals surface area contributed by atoms with E-state index in [9.17, 15) is 0 Å². The molecule has 2 aromatic rings. The van der Waals surface area contributed by atoms with Crippen molar-refractivity contribution in [2.24, 2.45) is 0 Å². The first-order valence-corrected chi connectivity index (χ1v) is 5.27. The number of aromatic nitrogens is 2. The van der Waals surface area contributed by atoms with Crippen LogP contribution in [0.25, 0.3) is 10.8 Å². The molecule has 6 heteroatoms.